The lowest BCUT2D eigenvalue weighted by Gasteiger charge is -2.08. The molecule has 9 nitrogen and oxygen atoms in total. The molecule has 2 heterocycles. The predicted octanol–water partition coefficient (Wildman–Crippen LogP) is 0.312. The van der Waals surface area contributed by atoms with Crippen molar-refractivity contribution in [3.63, 3.8) is 0 Å². The summed E-state index contributed by atoms with van der Waals surface area (Å²) in [6.07, 6.45) is 0.542. The summed E-state index contributed by atoms with van der Waals surface area (Å²) in [7, 11) is -8.73. The van der Waals surface area contributed by atoms with Gasteiger partial charge >= 0.3 is 15.2 Å². The molecule has 0 saturated heterocycles. The summed E-state index contributed by atoms with van der Waals surface area (Å²) in [6, 6.07) is 4.42. The van der Waals surface area contributed by atoms with Crippen molar-refractivity contribution in [2.45, 2.75) is 6.16 Å². The predicted molar refractivity (Wildman–Crippen MR) is 64.1 cm³/mol. The van der Waals surface area contributed by atoms with Crippen LogP contribution in [-0.2, 0) is 20.0 Å². The largest absolute Gasteiger partial charge is 0.376 e. The van der Waals surface area contributed by atoms with Crippen LogP contribution in [-0.4, -0.2) is 29.3 Å². The van der Waals surface area contributed by atoms with Gasteiger partial charge in [-0.05, 0) is 12.1 Å². The average Bonchev–Trinajstić information content (AvgIpc) is 2.73. The first-order valence-corrected chi connectivity index (χ1v) is 8.28. The number of pyridine rings is 1. The number of imidazole rings is 1. The molecule has 0 saturated carbocycles. The van der Waals surface area contributed by atoms with Crippen LogP contribution < -0.4 is 5.44 Å². The molecule has 4 N–H and O–H groups in total. The van der Waals surface area contributed by atoms with Crippen LogP contribution in [0.5, 0.6) is 0 Å². The molecule has 11 heteroatoms. The molecule has 0 amide bonds. The maximum Gasteiger partial charge on any atom is 0.376 e. The molecule has 2 rings (SSSR count). The van der Waals surface area contributed by atoms with Crippen molar-refractivity contribution in [2.24, 2.45) is 0 Å². The number of nitrogens with zero attached hydrogens (tertiary/aromatic N) is 2. The number of hydrogen-bond donors (Lipinski definition) is 4. The Hall–Kier alpha value is -1.05. The van der Waals surface area contributed by atoms with Gasteiger partial charge in [-0.2, -0.15) is 4.67 Å². The van der Waals surface area contributed by atoms with Crippen molar-refractivity contribution in [2.75, 3.05) is 0 Å². The van der Waals surface area contributed by atoms with Gasteiger partial charge in [0.05, 0.1) is 6.16 Å². The minimum absolute atomic E-state index is 0.203. The van der Waals surface area contributed by atoms with Gasteiger partial charge in [-0.25, -0.2) is 10.2 Å². The number of fused-ring (bicyclic) bond motifs is 1. The quantitative estimate of drug-likeness (QED) is 0.359. The zero-order chi connectivity index (χ0) is 14.3. The standard InChI is InChI=1S/C8H10N2O7P2/c11-17-18(12,13)5-6-2-1-3-7-9-8(4-10(6)7)19(14,15)16/h1-4,11H,5H2,(H,12,13)(H2,14,15,16). The van der Waals surface area contributed by atoms with Crippen LogP contribution >= 0.6 is 15.2 Å². The molecular weight excluding hydrogens is 298 g/mol. The molecule has 0 aromatic carbocycles. The zero-order valence-electron chi connectivity index (χ0n) is 9.32. The van der Waals surface area contributed by atoms with Gasteiger partial charge in [0.2, 0.25) is 0 Å². The Bertz CT molecular complexity index is 706. The molecular formula is C8H10N2O7P2. The highest BCUT2D eigenvalue weighted by Crippen LogP contribution is 2.44. The Morgan fingerprint density at radius 1 is 1.26 bits per heavy atom. The van der Waals surface area contributed by atoms with E-state index >= 15 is 0 Å². The maximum absolute atomic E-state index is 11.3. The molecule has 0 fully saturated rings. The minimum atomic E-state index is -4.51. The van der Waals surface area contributed by atoms with Gasteiger partial charge in [0.25, 0.3) is 0 Å². The van der Waals surface area contributed by atoms with E-state index in [4.69, 9.17) is 15.0 Å². The third kappa shape index (κ3) is 3.10. The third-order valence-electron chi connectivity index (χ3n) is 2.35. The average molecular weight is 308 g/mol. The van der Waals surface area contributed by atoms with Crippen molar-refractivity contribution >= 4 is 26.3 Å². The van der Waals surface area contributed by atoms with Crippen molar-refractivity contribution in [3.05, 3.63) is 30.1 Å². The highest BCUT2D eigenvalue weighted by molar-refractivity contribution is 7.60. The lowest BCUT2D eigenvalue weighted by Crippen LogP contribution is -2.03. The SMILES string of the molecule is O=P(O)(Cc1cccc2nc(P(=O)(O)O)cn12)OO. The molecule has 1 unspecified atom stereocenters. The summed E-state index contributed by atoms with van der Waals surface area (Å²) in [5.74, 6) is 0. The second kappa shape index (κ2) is 4.81. The van der Waals surface area contributed by atoms with Crippen LogP contribution in [0.4, 0.5) is 0 Å². The number of hydrogen-bond acceptors (Lipinski definition) is 5. The summed E-state index contributed by atoms with van der Waals surface area (Å²) in [5.41, 5.74) is -0.0315. The van der Waals surface area contributed by atoms with E-state index in [0.29, 0.717) is 0 Å². The number of aromatic nitrogens is 2. The molecule has 0 aliphatic carbocycles. The first-order chi connectivity index (χ1) is 8.73. The molecule has 0 bridgehead atoms. The van der Waals surface area contributed by atoms with E-state index in [1.165, 1.54) is 22.6 Å². The number of rotatable bonds is 4. The second-order valence-electron chi connectivity index (χ2n) is 3.77. The van der Waals surface area contributed by atoms with Crippen molar-refractivity contribution in [1.82, 2.24) is 9.38 Å². The fourth-order valence-electron chi connectivity index (χ4n) is 1.56. The second-order valence-corrected chi connectivity index (χ2v) is 7.07. The summed E-state index contributed by atoms with van der Waals surface area (Å²) in [5, 5.41) is 8.30. The van der Waals surface area contributed by atoms with Crippen LogP contribution in [0.25, 0.3) is 5.65 Å². The molecule has 2 aromatic rings. The van der Waals surface area contributed by atoms with Crippen LogP contribution in [0.2, 0.25) is 0 Å². The molecule has 0 aliphatic heterocycles. The van der Waals surface area contributed by atoms with E-state index in [1.54, 1.807) is 0 Å². The van der Waals surface area contributed by atoms with Crippen LogP contribution in [0.15, 0.2) is 24.4 Å². The van der Waals surface area contributed by atoms with Crippen molar-refractivity contribution in [1.29, 1.82) is 0 Å². The van der Waals surface area contributed by atoms with Crippen molar-refractivity contribution in [3.8, 4) is 0 Å². The molecule has 104 valence electrons. The maximum atomic E-state index is 11.3. The van der Waals surface area contributed by atoms with E-state index < -0.39 is 26.8 Å². The topological polar surface area (TPSA) is 142 Å². The van der Waals surface area contributed by atoms with Gasteiger partial charge in [0.15, 0.2) is 5.44 Å². The van der Waals surface area contributed by atoms with Gasteiger partial charge < -0.3 is 19.1 Å². The normalized spacial score (nSPS) is 15.6. The Kier molecular flexibility index (Phi) is 3.63. The summed E-state index contributed by atoms with van der Waals surface area (Å²) >= 11 is 0. The minimum Gasteiger partial charge on any atom is -0.323 e. The van der Waals surface area contributed by atoms with Gasteiger partial charge in [0, 0.05) is 11.9 Å². The van der Waals surface area contributed by atoms with E-state index in [9.17, 15) is 14.0 Å². The molecule has 0 radical (unpaired) electrons. The highest BCUT2D eigenvalue weighted by Gasteiger charge is 2.25. The molecule has 19 heavy (non-hydrogen) atoms. The lowest BCUT2D eigenvalue weighted by atomic mass is 10.4. The van der Waals surface area contributed by atoms with Crippen molar-refractivity contribution < 1.29 is 33.7 Å². The van der Waals surface area contributed by atoms with E-state index in [-0.39, 0.29) is 11.3 Å². The Morgan fingerprint density at radius 2 is 1.95 bits per heavy atom. The van der Waals surface area contributed by atoms with Gasteiger partial charge in [0.1, 0.15) is 5.65 Å². The first-order valence-electron chi connectivity index (χ1n) is 4.91. The first kappa shape index (κ1) is 14.4. The van der Waals surface area contributed by atoms with Crippen LogP contribution in [0.3, 0.4) is 0 Å². The Morgan fingerprint density at radius 3 is 2.53 bits per heavy atom. The molecule has 2 aromatic heterocycles. The van der Waals surface area contributed by atoms with Gasteiger partial charge in [-0.1, -0.05) is 6.07 Å². The van der Waals surface area contributed by atoms with Gasteiger partial charge in [-0.15, -0.1) is 0 Å². The molecule has 0 spiro atoms. The fraction of sp³-hybridized carbons (Fsp3) is 0.125. The molecule has 0 aliphatic rings. The third-order valence-corrected chi connectivity index (χ3v) is 4.14. The van der Waals surface area contributed by atoms with Gasteiger partial charge in [-0.3, -0.25) is 9.13 Å². The lowest BCUT2D eigenvalue weighted by molar-refractivity contribution is -0.146. The summed E-state index contributed by atoms with van der Waals surface area (Å²) < 4.78 is 27.1. The summed E-state index contributed by atoms with van der Waals surface area (Å²) in [6.45, 7) is 0. The summed E-state index contributed by atoms with van der Waals surface area (Å²) in [4.78, 5) is 31.0. The zero-order valence-corrected chi connectivity index (χ0v) is 11.1. The smallest absolute Gasteiger partial charge is 0.323 e. The van der Waals surface area contributed by atoms with E-state index in [0.717, 1.165) is 6.20 Å². The van der Waals surface area contributed by atoms with E-state index in [1.807, 2.05) is 0 Å². The Balaban J connectivity index is 2.55. The van der Waals surface area contributed by atoms with E-state index in [2.05, 4.69) is 9.66 Å². The highest BCUT2D eigenvalue weighted by atomic mass is 31.2. The molecule has 1 atom stereocenters. The monoisotopic (exact) mass is 308 g/mol. The van der Waals surface area contributed by atoms with Crippen LogP contribution in [0.1, 0.15) is 5.69 Å². The fourth-order valence-corrected chi connectivity index (χ4v) is 2.78. The van der Waals surface area contributed by atoms with Crippen LogP contribution in [0, 0.1) is 0 Å². The Labute approximate surface area is 106 Å².